The van der Waals surface area contributed by atoms with Crippen LogP contribution in [0.4, 0.5) is 18.9 Å². The lowest BCUT2D eigenvalue weighted by Gasteiger charge is -2.11. The zero-order chi connectivity index (χ0) is 20.9. The van der Waals surface area contributed by atoms with Gasteiger partial charge in [0.1, 0.15) is 5.75 Å². The minimum Gasteiger partial charge on any atom is -0.484 e. The predicted molar refractivity (Wildman–Crippen MR) is 99.4 cm³/mol. The van der Waals surface area contributed by atoms with Crippen LogP contribution in [0, 0.1) is 13.8 Å². The fraction of sp³-hybridized carbons (Fsp3) is 0.263. The SMILES string of the molecule is Cc1cc(OCC(=O)Nc2ccc(CNC(=O)C(F)(F)F)cc2)cc(C)c1Cl. The molecule has 28 heavy (non-hydrogen) atoms. The third-order valence-electron chi connectivity index (χ3n) is 3.73. The molecule has 9 heteroatoms. The van der Waals surface area contributed by atoms with E-state index in [4.69, 9.17) is 16.3 Å². The van der Waals surface area contributed by atoms with Crippen LogP contribution in [0.15, 0.2) is 36.4 Å². The highest BCUT2D eigenvalue weighted by molar-refractivity contribution is 6.32. The number of rotatable bonds is 6. The monoisotopic (exact) mass is 414 g/mol. The Morgan fingerprint density at radius 3 is 2.18 bits per heavy atom. The molecule has 2 aromatic rings. The number of benzene rings is 2. The number of halogens is 4. The quantitative estimate of drug-likeness (QED) is 0.746. The molecule has 0 saturated heterocycles. The van der Waals surface area contributed by atoms with Gasteiger partial charge in [-0.25, -0.2) is 0 Å². The Bertz CT molecular complexity index is 845. The van der Waals surface area contributed by atoms with Crippen LogP contribution in [0.5, 0.6) is 5.75 Å². The number of carbonyl (C=O) groups excluding carboxylic acids is 2. The summed E-state index contributed by atoms with van der Waals surface area (Å²) in [6.45, 7) is 3.18. The molecule has 0 atom stereocenters. The first-order valence-electron chi connectivity index (χ1n) is 8.19. The van der Waals surface area contributed by atoms with E-state index in [1.165, 1.54) is 24.3 Å². The van der Waals surface area contributed by atoms with E-state index in [-0.39, 0.29) is 13.2 Å². The highest BCUT2D eigenvalue weighted by Gasteiger charge is 2.38. The summed E-state index contributed by atoms with van der Waals surface area (Å²) >= 11 is 6.08. The molecule has 0 aliphatic rings. The summed E-state index contributed by atoms with van der Waals surface area (Å²) in [5, 5.41) is 5.02. The third kappa shape index (κ3) is 6.16. The Kier molecular flexibility index (Phi) is 6.90. The molecule has 0 heterocycles. The molecule has 0 bridgehead atoms. The number of anilines is 1. The van der Waals surface area contributed by atoms with Gasteiger partial charge in [0.15, 0.2) is 6.61 Å². The maximum Gasteiger partial charge on any atom is 0.471 e. The topological polar surface area (TPSA) is 67.4 Å². The molecule has 0 aliphatic heterocycles. The van der Waals surface area contributed by atoms with Gasteiger partial charge in [-0.15, -0.1) is 0 Å². The van der Waals surface area contributed by atoms with Gasteiger partial charge in [-0.1, -0.05) is 23.7 Å². The molecule has 2 N–H and O–H groups in total. The van der Waals surface area contributed by atoms with E-state index in [0.717, 1.165) is 11.1 Å². The molecule has 0 radical (unpaired) electrons. The summed E-state index contributed by atoms with van der Waals surface area (Å²) < 4.78 is 41.9. The second-order valence-electron chi connectivity index (χ2n) is 6.09. The average molecular weight is 415 g/mol. The van der Waals surface area contributed by atoms with Crippen LogP contribution in [0.25, 0.3) is 0 Å². The minimum absolute atomic E-state index is 0.218. The van der Waals surface area contributed by atoms with Gasteiger partial charge in [-0.3, -0.25) is 9.59 Å². The van der Waals surface area contributed by atoms with E-state index < -0.39 is 18.0 Å². The van der Waals surface area contributed by atoms with E-state index in [1.54, 1.807) is 17.4 Å². The molecule has 0 unspecified atom stereocenters. The van der Waals surface area contributed by atoms with Crippen LogP contribution in [0.2, 0.25) is 5.02 Å². The van der Waals surface area contributed by atoms with Gasteiger partial charge in [0.25, 0.3) is 5.91 Å². The summed E-state index contributed by atoms with van der Waals surface area (Å²) in [5.74, 6) is -1.89. The summed E-state index contributed by atoms with van der Waals surface area (Å²) in [6, 6.07) is 9.49. The number of nitrogens with one attached hydrogen (secondary N) is 2. The molecular weight excluding hydrogens is 397 g/mol. The lowest BCUT2D eigenvalue weighted by molar-refractivity contribution is -0.173. The van der Waals surface area contributed by atoms with Crippen molar-refractivity contribution < 1.29 is 27.5 Å². The molecule has 2 amide bonds. The Labute approximate surface area is 164 Å². The summed E-state index contributed by atoms with van der Waals surface area (Å²) in [5.41, 5.74) is 2.58. The predicted octanol–water partition coefficient (Wildman–Crippen LogP) is 4.15. The minimum atomic E-state index is -4.92. The van der Waals surface area contributed by atoms with Crippen LogP contribution in [-0.2, 0) is 16.1 Å². The number of hydrogen-bond acceptors (Lipinski definition) is 3. The zero-order valence-corrected chi connectivity index (χ0v) is 15.9. The van der Waals surface area contributed by atoms with Crippen molar-refractivity contribution >= 4 is 29.1 Å². The first-order chi connectivity index (χ1) is 13.1. The van der Waals surface area contributed by atoms with Crippen LogP contribution in [-0.4, -0.2) is 24.6 Å². The van der Waals surface area contributed by atoms with Gasteiger partial charge < -0.3 is 15.4 Å². The molecule has 2 rings (SSSR count). The molecule has 150 valence electrons. The van der Waals surface area contributed by atoms with Crippen LogP contribution in [0.1, 0.15) is 16.7 Å². The van der Waals surface area contributed by atoms with Crippen LogP contribution in [0.3, 0.4) is 0 Å². The first-order valence-corrected chi connectivity index (χ1v) is 8.57. The largest absolute Gasteiger partial charge is 0.484 e. The maximum atomic E-state index is 12.1. The van der Waals surface area contributed by atoms with Gasteiger partial charge >= 0.3 is 12.1 Å². The summed E-state index contributed by atoms with van der Waals surface area (Å²) in [7, 11) is 0. The number of alkyl halides is 3. The number of hydrogen-bond donors (Lipinski definition) is 2. The fourth-order valence-electron chi connectivity index (χ4n) is 2.32. The molecule has 0 saturated carbocycles. The normalized spacial score (nSPS) is 11.1. The summed E-state index contributed by atoms with van der Waals surface area (Å²) in [6.07, 6.45) is -4.92. The van der Waals surface area contributed by atoms with Crippen LogP contribution >= 0.6 is 11.6 Å². The first kappa shape index (κ1) is 21.6. The lowest BCUT2D eigenvalue weighted by Crippen LogP contribution is -2.36. The van der Waals surface area contributed by atoms with Gasteiger partial charge in [0.05, 0.1) is 0 Å². The van der Waals surface area contributed by atoms with Crippen molar-refractivity contribution in [1.29, 1.82) is 0 Å². The molecule has 2 aromatic carbocycles. The van der Waals surface area contributed by atoms with Crippen molar-refractivity contribution in [2.75, 3.05) is 11.9 Å². The Morgan fingerprint density at radius 2 is 1.64 bits per heavy atom. The highest BCUT2D eigenvalue weighted by Crippen LogP contribution is 2.25. The lowest BCUT2D eigenvalue weighted by atomic mass is 10.1. The Hall–Kier alpha value is -2.74. The Balaban J connectivity index is 1.85. The van der Waals surface area contributed by atoms with Crippen LogP contribution < -0.4 is 15.4 Å². The van der Waals surface area contributed by atoms with Gasteiger partial charge in [0.2, 0.25) is 0 Å². The fourth-order valence-corrected chi connectivity index (χ4v) is 2.43. The number of ether oxygens (including phenoxy) is 1. The summed E-state index contributed by atoms with van der Waals surface area (Å²) in [4.78, 5) is 22.8. The van der Waals surface area contributed by atoms with Gasteiger partial charge in [0, 0.05) is 17.3 Å². The highest BCUT2D eigenvalue weighted by atomic mass is 35.5. The molecule has 0 fully saturated rings. The van der Waals surface area contributed by atoms with Crippen molar-refractivity contribution in [2.45, 2.75) is 26.6 Å². The third-order valence-corrected chi connectivity index (χ3v) is 4.32. The molecule has 0 aromatic heterocycles. The van der Waals surface area contributed by atoms with Gasteiger partial charge in [-0.2, -0.15) is 13.2 Å². The smallest absolute Gasteiger partial charge is 0.471 e. The van der Waals surface area contributed by atoms with Crippen molar-refractivity contribution in [1.82, 2.24) is 5.32 Å². The van der Waals surface area contributed by atoms with Crippen molar-refractivity contribution in [3.8, 4) is 5.75 Å². The Morgan fingerprint density at radius 1 is 1.07 bits per heavy atom. The molecular formula is C19H18ClF3N2O3. The number of amides is 2. The number of carbonyl (C=O) groups is 2. The van der Waals surface area contributed by atoms with E-state index in [9.17, 15) is 22.8 Å². The second-order valence-corrected chi connectivity index (χ2v) is 6.46. The van der Waals surface area contributed by atoms with E-state index >= 15 is 0 Å². The van der Waals surface area contributed by atoms with Crippen molar-refractivity contribution in [3.05, 3.63) is 58.1 Å². The van der Waals surface area contributed by atoms with Crippen molar-refractivity contribution in [2.24, 2.45) is 0 Å². The number of aryl methyl sites for hydroxylation is 2. The maximum absolute atomic E-state index is 12.1. The van der Waals surface area contributed by atoms with E-state index in [0.29, 0.717) is 22.0 Å². The van der Waals surface area contributed by atoms with Crippen molar-refractivity contribution in [3.63, 3.8) is 0 Å². The van der Waals surface area contributed by atoms with Gasteiger partial charge in [-0.05, 0) is 54.8 Å². The molecule has 0 aliphatic carbocycles. The molecule has 5 nitrogen and oxygen atoms in total. The second kappa shape index (κ2) is 8.97. The zero-order valence-electron chi connectivity index (χ0n) is 15.1. The van der Waals surface area contributed by atoms with E-state index in [1.807, 2.05) is 13.8 Å². The average Bonchev–Trinajstić information content (AvgIpc) is 2.62. The van der Waals surface area contributed by atoms with E-state index in [2.05, 4.69) is 5.32 Å². The standard InChI is InChI=1S/C19H18ClF3N2O3/c1-11-7-15(8-12(2)17(11)20)28-10-16(26)25-14-5-3-13(4-6-14)9-24-18(27)19(21,22)23/h3-8H,9-10H2,1-2H3,(H,24,27)(H,25,26). The molecule has 0 spiro atoms.